The molecule has 0 unspecified atom stereocenters. The number of aryl methyl sites for hydroxylation is 1. The highest BCUT2D eigenvalue weighted by molar-refractivity contribution is 6.07. The van der Waals surface area contributed by atoms with E-state index in [1.165, 1.54) is 12.1 Å². The number of nitrogens with one attached hydrogen (secondary N) is 1. The van der Waals surface area contributed by atoms with Crippen LogP contribution in [0.1, 0.15) is 25.0 Å². The average molecular weight is 313 g/mol. The summed E-state index contributed by atoms with van der Waals surface area (Å²) in [5.74, 6) is -0.00848. The lowest BCUT2D eigenvalue weighted by molar-refractivity contribution is -0.113. The average Bonchev–Trinajstić information content (AvgIpc) is 2.58. The topological polar surface area (TPSA) is 38.3 Å². The fraction of sp³-hybridized carbons (Fsp3) is 0.211. The van der Waals surface area contributed by atoms with E-state index < -0.39 is 0 Å². The molecule has 1 amide bonds. The van der Waals surface area contributed by atoms with Gasteiger partial charge in [-0.05, 0) is 43.3 Å². The van der Waals surface area contributed by atoms with Crippen LogP contribution < -0.4 is 10.1 Å². The summed E-state index contributed by atoms with van der Waals surface area (Å²) in [6.45, 7) is 6.16. The van der Waals surface area contributed by atoms with Gasteiger partial charge in [0.15, 0.2) is 0 Å². The molecule has 4 heteroatoms. The van der Waals surface area contributed by atoms with Crippen molar-refractivity contribution in [3.8, 4) is 5.75 Å². The molecule has 2 aromatic carbocycles. The molecule has 3 rings (SSSR count). The van der Waals surface area contributed by atoms with Gasteiger partial charge >= 0.3 is 0 Å². The van der Waals surface area contributed by atoms with Crippen molar-refractivity contribution in [2.45, 2.75) is 20.8 Å². The van der Waals surface area contributed by atoms with Gasteiger partial charge in [0.05, 0.1) is 5.57 Å². The van der Waals surface area contributed by atoms with E-state index in [2.05, 4.69) is 5.32 Å². The third kappa shape index (κ3) is 4.19. The van der Waals surface area contributed by atoms with E-state index >= 15 is 0 Å². The van der Waals surface area contributed by atoms with Gasteiger partial charge in [0, 0.05) is 11.3 Å². The van der Waals surface area contributed by atoms with Crippen LogP contribution >= 0.6 is 0 Å². The molecule has 2 aromatic rings. The molecule has 0 aliphatic carbocycles. The number of ether oxygens (including phenoxy) is 1. The highest BCUT2D eigenvalue weighted by Crippen LogP contribution is 2.27. The number of carbonyl (C=O) groups excluding carboxylic acids is 1. The maximum Gasteiger partial charge on any atom is 0.255 e. The van der Waals surface area contributed by atoms with Crippen LogP contribution in [0.25, 0.3) is 6.08 Å². The van der Waals surface area contributed by atoms with Crippen LogP contribution in [-0.4, -0.2) is 12.5 Å². The van der Waals surface area contributed by atoms with Gasteiger partial charge in [0.25, 0.3) is 5.91 Å². The molecule has 0 spiro atoms. The zero-order valence-corrected chi connectivity index (χ0v) is 13.5. The molecule has 1 heterocycles. The minimum absolute atomic E-state index is 0.177. The van der Waals surface area contributed by atoms with Crippen molar-refractivity contribution in [1.29, 1.82) is 0 Å². The van der Waals surface area contributed by atoms with Crippen molar-refractivity contribution < 1.29 is 13.9 Å². The van der Waals surface area contributed by atoms with E-state index in [1.807, 2.05) is 45.0 Å². The molecule has 0 fully saturated rings. The van der Waals surface area contributed by atoms with Crippen LogP contribution in [0, 0.1) is 12.7 Å². The van der Waals surface area contributed by atoms with Crippen LogP contribution in [0.4, 0.5) is 10.1 Å². The molecule has 0 atom stereocenters. The summed E-state index contributed by atoms with van der Waals surface area (Å²) < 4.78 is 18.7. The summed E-state index contributed by atoms with van der Waals surface area (Å²) in [4.78, 5) is 12.2. The minimum Gasteiger partial charge on any atom is -0.488 e. The first kappa shape index (κ1) is 16.7. The van der Waals surface area contributed by atoms with Crippen LogP contribution in [0.2, 0.25) is 0 Å². The van der Waals surface area contributed by atoms with Crippen molar-refractivity contribution in [3.63, 3.8) is 0 Å². The van der Waals surface area contributed by atoms with Crippen LogP contribution in [0.15, 0.2) is 48.0 Å². The first-order chi connectivity index (χ1) is 11.1. The third-order valence-corrected chi connectivity index (χ3v) is 3.29. The van der Waals surface area contributed by atoms with Gasteiger partial charge in [-0.1, -0.05) is 31.5 Å². The van der Waals surface area contributed by atoms with Crippen molar-refractivity contribution in [3.05, 3.63) is 65.0 Å². The predicted octanol–water partition coefficient (Wildman–Crippen LogP) is 4.57. The second-order valence-electron chi connectivity index (χ2n) is 4.96. The van der Waals surface area contributed by atoms with Crippen LogP contribution in [0.3, 0.4) is 0 Å². The van der Waals surface area contributed by atoms with E-state index in [4.69, 9.17) is 4.74 Å². The van der Waals surface area contributed by atoms with Crippen LogP contribution in [-0.2, 0) is 4.79 Å². The third-order valence-electron chi connectivity index (χ3n) is 3.29. The maximum absolute atomic E-state index is 13.2. The number of carbonyl (C=O) groups is 1. The Balaban J connectivity index is 0.000000924. The Labute approximate surface area is 135 Å². The molecule has 0 saturated carbocycles. The molecule has 0 bridgehead atoms. The number of rotatable bonds is 2. The molecule has 1 aliphatic heterocycles. The molecule has 120 valence electrons. The molecule has 23 heavy (non-hydrogen) atoms. The molecule has 0 aromatic heterocycles. The van der Waals surface area contributed by atoms with Crippen molar-refractivity contribution in [1.82, 2.24) is 0 Å². The minimum atomic E-state index is -0.353. The molecule has 3 nitrogen and oxygen atoms in total. The number of anilines is 1. The standard InChI is InChI=1S/C17H14FNO2.C2H6/c1-11-2-5-15(6-3-11)19-17(20)13-8-12-9-14(18)4-7-16(12)21-10-13;1-2/h2-9H,10H2,1H3,(H,19,20);1-2H3. The Bertz CT molecular complexity index is 721. The van der Waals surface area contributed by atoms with Gasteiger partial charge in [-0.25, -0.2) is 4.39 Å². The summed E-state index contributed by atoms with van der Waals surface area (Å²) in [6, 6.07) is 11.8. The first-order valence-electron chi connectivity index (χ1n) is 7.63. The summed E-state index contributed by atoms with van der Waals surface area (Å²) in [5.41, 5.74) is 2.89. The van der Waals surface area contributed by atoms with Crippen molar-refractivity contribution >= 4 is 17.7 Å². The van der Waals surface area contributed by atoms with Crippen molar-refractivity contribution in [2.24, 2.45) is 0 Å². The molecular weight excluding hydrogens is 293 g/mol. The summed E-state index contributed by atoms with van der Waals surface area (Å²) in [6.07, 6.45) is 1.66. The monoisotopic (exact) mass is 313 g/mol. The summed E-state index contributed by atoms with van der Waals surface area (Å²) >= 11 is 0. The largest absolute Gasteiger partial charge is 0.488 e. The SMILES string of the molecule is CC.Cc1ccc(NC(=O)C2=Cc3cc(F)ccc3OC2)cc1. The number of hydrogen-bond donors (Lipinski definition) is 1. The Hall–Kier alpha value is -2.62. The van der Waals surface area contributed by atoms with Crippen LogP contribution in [0.5, 0.6) is 5.75 Å². The predicted molar refractivity (Wildman–Crippen MR) is 91.0 cm³/mol. The maximum atomic E-state index is 13.2. The number of fused-ring (bicyclic) bond motifs is 1. The number of hydrogen-bond acceptors (Lipinski definition) is 2. The van der Waals surface area contributed by atoms with E-state index in [-0.39, 0.29) is 18.3 Å². The van der Waals surface area contributed by atoms with Gasteiger partial charge in [0.2, 0.25) is 0 Å². The van der Waals surface area contributed by atoms with Crippen molar-refractivity contribution in [2.75, 3.05) is 11.9 Å². The highest BCUT2D eigenvalue weighted by atomic mass is 19.1. The fourth-order valence-electron chi connectivity index (χ4n) is 2.13. The second kappa shape index (κ2) is 7.58. The summed E-state index contributed by atoms with van der Waals surface area (Å²) in [5, 5.41) is 2.80. The van der Waals surface area contributed by atoms with Gasteiger partial charge < -0.3 is 10.1 Å². The Morgan fingerprint density at radius 2 is 1.83 bits per heavy atom. The van der Waals surface area contributed by atoms with E-state index in [0.29, 0.717) is 16.9 Å². The Morgan fingerprint density at radius 1 is 1.13 bits per heavy atom. The second-order valence-corrected chi connectivity index (χ2v) is 4.96. The van der Waals surface area contributed by atoms with E-state index in [9.17, 15) is 9.18 Å². The summed E-state index contributed by atoms with van der Waals surface area (Å²) in [7, 11) is 0. The lowest BCUT2D eigenvalue weighted by Gasteiger charge is -2.17. The molecule has 0 saturated heterocycles. The fourth-order valence-corrected chi connectivity index (χ4v) is 2.13. The van der Waals surface area contributed by atoms with Gasteiger partial charge in [-0.3, -0.25) is 4.79 Å². The highest BCUT2D eigenvalue weighted by Gasteiger charge is 2.17. The van der Waals surface area contributed by atoms with E-state index in [0.717, 1.165) is 11.3 Å². The van der Waals surface area contributed by atoms with Gasteiger partial charge in [0.1, 0.15) is 18.2 Å². The lowest BCUT2D eigenvalue weighted by atomic mass is 10.1. The lowest BCUT2D eigenvalue weighted by Crippen LogP contribution is -2.21. The number of halogens is 1. The zero-order chi connectivity index (χ0) is 16.8. The molecular formula is C19H20FNO2. The number of benzene rings is 2. The molecule has 1 aliphatic rings. The zero-order valence-electron chi connectivity index (χ0n) is 13.5. The number of amides is 1. The Morgan fingerprint density at radius 3 is 2.52 bits per heavy atom. The normalized spacial score (nSPS) is 12.1. The molecule has 0 radical (unpaired) electrons. The van der Waals surface area contributed by atoms with Gasteiger partial charge in [-0.2, -0.15) is 0 Å². The first-order valence-corrected chi connectivity index (χ1v) is 7.63. The smallest absolute Gasteiger partial charge is 0.255 e. The quantitative estimate of drug-likeness (QED) is 0.881. The Kier molecular flexibility index (Phi) is 5.52. The van der Waals surface area contributed by atoms with Gasteiger partial charge in [-0.15, -0.1) is 0 Å². The molecule has 1 N–H and O–H groups in total. The van der Waals surface area contributed by atoms with E-state index in [1.54, 1.807) is 12.1 Å².